The molecule has 4 nitrogen and oxygen atoms in total. The van der Waals surface area contributed by atoms with Gasteiger partial charge in [0.05, 0.1) is 0 Å². The van der Waals surface area contributed by atoms with Crippen LogP contribution in [0.3, 0.4) is 0 Å². The molecule has 120 valence electrons. The molecule has 2 N–H and O–H groups in total. The summed E-state index contributed by atoms with van der Waals surface area (Å²) in [5.41, 5.74) is 9.58. The third-order valence-corrected chi connectivity index (χ3v) is 4.53. The van der Waals surface area contributed by atoms with Crippen LogP contribution in [-0.2, 0) is 12.8 Å². The average Bonchev–Trinajstić information content (AvgIpc) is 2.92. The zero-order valence-corrected chi connectivity index (χ0v) is 13.8. The standard InChI is InChI=1S/C19H17ClN4/c20-17-12-18(23-19(21)22-17)24-15(10-13-6-2-1-3-7-13)11-14-8-4-5-9-16(14)24/h1-9,12,15H,10-11H2,(H2,21,22,23). The molecule has 5 heteroatoms. The van der Waals surface area contributed by atoms with Crippen molar-refractivity contribution in [1.29, 1.82) is 0 Å². The van der Waals surface area contributed by atoms with Crippen LogP contribution in [0.5, 0.6) is 0 Å². The first kappa shape index (κ1) is 15.0. The molecule has 1 aliphatic rings. The van der Waals surface area contributed by atoms with Gasteiger partial charge in [0.2, 0.25) is 5.95 Å². The highest BCUT2D eigenvalue weighted by Gasteiger charge is 2.31. The summed E-state index contributed by atoms with van der Waals surface area (Å²) in [4.78, 5) is 10.6. The highest BCUT2D eigenvalue weighted by atomic mass is 35.5. The summed E-state index contributed by atoms with van der Waals surface area (Å²) in [6.07, 6.45) is 1.89. The van der Waals surface area contributed by atoms with Crippen molar-refractivity contribution in [3.8, 4) is 0 Å². The Labute approximate surface area is 145 Å². The van der Waals surface area contributed by atoms with Crippen LogP contribution in [0.15, 0.2) is 60.7 Å². The van der Waals surface area contributed by atoms with Crippen LogP contribution in [0.4, 0.5) is 17.5 Å². The maximum absolute atomic E-state index is 6.11. The minimum absolute atomic E-state index is 0.195. The smallest absolute Gasteiger partial charge is 0.223 e. The minimum Gasteiger partial charge on any atom is -0.368 e. The van der Waals surface area contributed by atoms with Gasteiger partial charge in [-0.3, -0.25) is 0 Å². The lowest BCUT2D eigenvalue weighted by atomic mass is 10.0. The normalized spacial score (nSPS) is 16.2. The number of hydrogen-bond donors (Lipinski definition) is 1. The number of benzene rings is 2. The Morgan fingerprint density at radius 3 is 2.58 bits per heavy atom. The molecule has 2 heterocycles. The van der Waals surface area contributed by atoms with Gasteiger partial charge in [-0.2, -0.15) is 4.98 Å². The van der Waals surface area contributed by atoms with E-state index in [1.54, 1.807) is 6.07 Å². The van der Waals surface area contributed by atoms with Gasteiger partial charge in [0, 0.05) is 17.8 Å². The molecule has 24 heavy (non-hydrogen) atoms. The maximum atomic E-state index is 6.11. The second-order valence-corrected chi connectivity index (χ2v) is 6.34. The lowest BCUT2D eigenvalue weighted by Crippen LogP contribution is -2.30. The Hall–Kier alpha value is -2.59. The van der Waals surface area contributed by atoms with E-state index in [1.807, 2.05) is 12.1 Å². The zero-order valence-electron chi connectivity index (χ0n) is 13.1. The van der Waals surface area contributed by atoms with Gasteiger partial charge >= 0.3 is 0 Å². The van der Waals surface area contributed by atoms with Gasteiger partial charge in [0.15, 0.2) is 0 Å². The van der Waals surface area contributed by atoms with E-state index >= 15 is 0 Å². The summed E-state index contributed by atoms with van der Waals surface area (Å²) in [6, 6.07) is 20.9. The Bertz CT molecular complexity index is 846. The molecular weight excluding hydrogens is 320 g/mol. The van der Waals surface area contributed by atoms with E-state index in [2.05, 4.69) is 57.3 Å². The molecule has 0 amide bonds. The van der Waals surface area contributed by atoms with Gasteiger partial charge in [-0.05, 0) is 30.0 Å². The topological polar surface area (TPSA) is 55.0 Å². The average molecular weight is 337 g/mol. The number of hydrogen-bond acceptors (Lipinski definition) is 4. The fourth-order valence-electron chi connectivity index (χ4n) is 3.37. The van der Waals surface area contributed by atoms with E-state index in [0.717, 1.165) is 24.3 Å². The number of anilines is 3. The van der Waals surface area contributed by atoms with Crippen LogP contribution in [0, 0.1) is 0 Å². The van der Waals surface area contributed by atoms with Crippen molar-refractivity contribution in [2.45, 2.75) is 18.9 Å². The molecule has 0 fully saturated rings. The van der Waals surface area contributed by atoms with E-state index in [-0.39, 0.29) is 12.0 Å². The molecule has 0 radical (unpaired) electrons. The number of nitrogens with two attached hydrogens (primary N) is 1. The van der Waals surface area contributed by atoms with Crippen molar-refractivity contribution in [3.63, 3.8) is 0 Å². The Morgan fingerprint density at radius 2 is 1.79 bits per heavy atom. The summed E-state index contributed by atoms with van der Waals surface area (Å²) in [6.45, 7) is 0. The Morgan fingerprint density at radius 1 is 1.04 bits per heavy atom. The number of nitrogen functional groups attached to an aromatic ring is 1. The van der Waals surface area contributed by atoms with Gasteiger partial charge in [0.1, 0.15) is 11.0 Å². The predicted molar refractivity (Wildman–Crippen MR) is 97.7 cm³/mol. The highest BCUT2D eigenvalue weighted by molar-refractivity contribution is 6.29. The van der Waals surface area contributed by atoms with Gasteiger partial charge < -0.3 is 10.6 Å². The molecule has 4 rings (SSSR count). The largest absolute Gasteiger partial charge is 0.368 e. The van der Waals surface area contributed by atoms with Crippen molar-refractivity contribution in [2.24, 2.45) is 0 Å². The van der Waals surface area contributed by atoms with Crippen molar-refractivity contribution < 1.29 is 0 Å². The van der Waals surface area contributed by atoms with E-state index in [0.29, 0.717) is 5.15 Å². The van der Waals surface area contributed by atoms with E-state index in [9.17, 15) is 0 Å². The molecule has 3 aromatic rings. The lowest BCUT2D eigenvalue weighted by Gasteiger charge is -2.27. The van der Waals surface area contributed by atoms with Gasteiger partial charge in [-0.15, -0.1) is 0 Å². The minimum atomic E-state index is 0.195. The summed E-state index contributed by atoms with van der Waals surface area (Å²) >= 11 is 6.11. The van der Waals surface area contributed by atoms with Crippen LogP contribution in [0.25, 0.3) is 0 Å². The number of fused-ring (bicyclic) bond motifs is 1. The summed E-state index contributed by atoms with van der Waals surface area (Å²) < 4.78 is 0. The third kappa shape index (κ3) is 2.81. The second-order valence-electron chi connectivity index (χ2n) is 5.95. The number of para-hydroxylation sites is 1. The van der Waals surface area contributed by atoms with Crippen LogP contribution < -0.4 is 10.6 Å². The second kappa shape index (κ2) is 6.13. The zero-order chi connectivity index (χ0) is 16.5. The summed E-state index contributed by atoms with van der Waals surface area (Å²) in [5, 5.41) is 0.361. The molecule has 0 bridgehead atoms. The molecule has 0 spiro atoms. The van der Waals surface area contributed by atoms with Crippen LogP contribution in [0.2, 0.25) is 5.15 Å². The van der Waals surface area contributed by atoms with Gasteiger partial charge in [-0.1, -0.05) is 60.1 Å². The quantitative estimate of drug-likeness (QED) is 0.734. The highest BCUT2D eigenvalue weighted by Crippen LogP contribution is 2.39. The lowest BCUT2D eigenvalue weighted by molar-refractivity contribution is 0.676. The first-order chi connectivity index (χ1) is 11.7. The SMILES string of the molecule is Nc1nc(Cl)cc(N2c3ccccc3CC2Cc2ccccc2)n1. The number of aromatic nitrogens is 2. The van der Waals surface area contributed by atoms with Gasteiger partial charge in [-0.25, -0.2) is 4.98 Å². The van der Waals surface area contributed by atoms with Crippen LogP contribution in [0.1, 0.15) is 11.1 Å². The molecule has 1 unspecified atom stereocenters. The van der Waals surface area contributed by atoms with Crippen molar-refractivity contribution in [3.05, 3.63) is 76.9 Å². The number of halogens is 1. The first-order valence-electron chi connectivity index (χ1n) is 7.92. The molecule has 1 aliphatic heterocycles. The summed E-state index contributed by atoms with van der Waals surface area (Å²) in [7, 11) is 0. The monoisotopic (exact) mass is 336 g/mol. The Kier molecular flexibility index (Phi) is 3.82. The molecule has 0 saturated carbocycles. The molecule has 1 aromatic heterocycles. The number of nitrogens with zero attached hydrogens (tertiary/aromatic N) is 3. The van der Waals surface area contributed by atoms with E-state index in [4.69, 9.17) is 17.3 Å². The Balaban J connectivity index is 1.76. The van der Waals surface area contributed by atoms with E-state index in [1.165, 1.54) is 11.1 Å². The van der Waals surface area contributed by atoms with Crippen molar-refractivity contribution >= 4 is 29.1 Å². The number of rotatable bonds is 3. The molecular formula is C19H17ClN4. The first-order valence-corrected chi connectivity index (χ1v) is 8.29. The molecule has 1 atom stereocenters. The summed E-state index contributed by atoms with van der Waals surface area (Å²) in [5.74, 6) is 0.943. The third-order valence-electron chi connectivity index (χ3n) is 4.33. The van der Waals surface area contributed by atoms with Crippen LogP contribution >= 0.6 is 11.6 Å². The molecule has 0 aliphatic carbocycles. The maximum Gasteiger partial charge on any atom is 0.223 e. The fourth-order valence-corrected chi connectivity index (χ4v) is 3.55. The fraction of sp³-hybridized carbons (Fsp3) is 0.158. The molecule has 0 saturated heterocycles. The van der Waals surface area contributed by atoms with Crippen molar-refractivity contribution in [1.82, 2.24) is 9.97 Å². The van der Waals surface area contributed by atoms with Crippen molar-refractivity contribution in [2.75, 3.05) is 10.6 Å². The van der Waals surface area contributed by atoms with Gasteiger partial charge in [0.25, 0.3) is 0 Å². The molecule has 2 aromatic carbocycles. The van der Waals surface area contributed by atoms with E-state index < -0.39 is 0 Å². The van der Waals surface area contributed by atoms with Crippen LogP contribution in [-0.4, -0.2) is 16.0 Å². The predicted octanol–water partition coefficient (Wildman–Crippen LogP) is 4.02.